The largest absolute Gasteiger partial charge is 0.374 e. The molecule has 1 unspecified atom stereocenters. The molecular formula is C14H22N2O3S. The van der Waals surface area contributed by atoms with E-state index in [1.807, 2.05) is 26.1 Å². The molecule has 1 aromatic carbocycles. The molecule has 0 aromatic heterocycles. The maximum atomic E-state index is 12.3. The summed E-state index contributed by atoms with van der Waals surface area (Å²) in [6.07, 6.45) is -0.0892. The molecule has 112 valence electrons. The summed E-state index contributed by atoms with van der Waals surface area (Å²) in [6.45, 7) is 6.28. The van der Waals surface area contributed by atoms with Gasteiger partial charge in [-0.3, -0.25) is 0 Å². The molecule has 1 N–H and O–H groups in total. The second-order valence-electron chi connectivity index (χ2n) is 5.38. The minimum atomic E-state index is -3.48. The van der Waals surface area contributed by atoms with Gasteiger partial charge in [0.15, 0.2) is 0 Å². The molecular weight excluding hydrogens is 276 g/mol. The minimum absolute atomic E-state index is 0.0892. The maximum absolute atomic E-state index is 12.3. The van der Waals surface area contributed by atoms with Crippen molar-refractivity contribution in [1.82, 2.24) is 9.62 Å². The summed E-state index contributed by atoms with van der Waals surface area (Å²) in [7, 11) is -1.47. The van der Waals surface area contributed by atoms with Gasteiger partial charge in [-0.1, -0.05) is 12.1 Å². The van der Waals surface area contributed by atoms with Crippen molar-refractivity contribution >= 4 is 10.0 Å². The highest BCUT2D eigenvalue weighted by Crippen LogP contribution is 2.16. The van der Waals surface area contributed by atoms with Gasteiger partial charge in [0.1, 0.15) is 0 Å². The topological polar surface area (TPSA) is 58.6 Å². The lowest BCUT2D eigenvalue weighted by Crippen LogP contribution is -2.45. The van der Waals surface area contributed by atoms with Crippen LogP contribution in [0.4, 0.5) is 0 Å². The number of sulfonamides is 1. The van der Waals surface area contributed by atoms with Crippen LogP contribution in [0.1, 0.15) is 11.1 Å². The average Bonchev–Trinajstić information content (AvgIpc) is 2.39. The van der Waals surface area contributed by atoms with Crippen molar-refractivity contribution < 1.29 is 13.2 Å². The molecule has 6 heteroatoms. The van der Waals surface area contributed by atoms with Crippen molar-refractivity contribution in [3.63, 3.8) is 0 Å². The van der Waals surface area contributed by atoms with Gasteiger partial charge in [-0.05, 0) is 38.1 Å². The summed E-state index contributed by atoms with van der Waals surface area (Å²) in [5.41, 5.74) is 1.69. The monoisotopic (exact) mass is 298 g/mol. The van der Waals surface area contributed by atoms with E-state index in [-0.39, 0.29) is 6.10 Å². The predicted octanol–water partition coefficient (Wildman–Crippen LogP) is 0.912. The lowest BCUT2D eigenvalue weighted by molar-refractivity contribution is -0.0156. The number of morpholine rings is 1. The van der Waals surface area contributed by atoms with Crippen molar-refractivity contribution in [2.75, 3.05) is 33.3 Å². The molecule has 1 fully saturated rings. The highest BCUT2D eigenvalue weighted by molar-refractivity contribution is 7.89. The molecule has 20 heavy (non-hydrogen) atoms. The van der Waals surface area contributed by atoms with E-state index in [0.29, 0.717) is 18.0 Å². The number of hydrogen-bond acceptors (Lipinski definition) is 4. The number of hydrogen-bond donors (Lipinski definition) is 1. The zero-order valence-corrected chi connectivity index (χ0v) is 13.0. The number of nitrogens with zero attached hydrogens (tertiary/aromatic N) is 1. The molecule has 0 aliphatic carbocycles. The quantitative estimate of drug-likeness (QED) is 0.898. The summed E-state index contributed by atoms with van der Waals surface area (Å²) >= 11 is 0. The Kier molecular flexibility index (Phi) is 4.80. The number of likely N-dealkylation sites (N-methyl/N-ethyl adjacent to an activating group) is 1. The van der Waals surface area contributed by atoms with Gasteiger partial charge in [0.25, 0.3) is 0 Å². The van der Waals surface area contributed by atoms with Gasteiger partial charge in [-0.2, -0.15) is 0 Å². The summed E-state index contributed by atoms with van der Waals surface area (Å²) < 4.78 is 32.9. The first-order valence-corrected chi connectivity index (χ1v) is 8.24. The highest BCUT2D eigenvalue weighted by atomic mass is 32.2. The van der Waals surface area contributed by atoms with E-state index in [1.165, 1.54) is 0 Å². The molecule has 0 saturated carbocycles. The molecule has 1 aromatic rings. The molecule has 1 atom stereocenters. The first-order valence-electron chi connectivity index (χ1n) is 6.75. The van der Waals surface area contributed by atoms with E-state index >= 15 is 0 Å². The third kappa shape index (κ3) is 3.79. The van der Waals surface area contributed by atoms with E-state index in [2.05, 4.69) is 9.62 Å². The van der Waals surface area contributed by atoms with E-state index in [9.17, 15) is 8.42 Å². The van der Waals surface area contributed by atoms with Gasteiger partial charge < -0.3 is 9.64 Å². The van der Waals surface area contributed by atoms with Crippen LogP contribution in [0, 0.1) is 13.8 Å². The molecule has 2 rings (SSSR count). The van der Waals surface area contributed by atoms with E-state index in [1.54, 1.807) is 13.0 Å². The Balaban J connectivity index is 2.05. The zero-order chi connectivity index (χ0) is 14.8. The lowest BCUT2D eigenvalue weighted by atomic mass is 10.2. The average molecular weight is 298 g/mol. The summed E-state index contributed by atoms with van der Waals surface area (Å²) in [6, 6.07) is 5.44. The summed E-state index contributed by atoms with van der Waals surface area (Å²) in [5.74, 6) is 0. The van der Waals surface area contributed by atoms with Gasteiger partial charge in [0.2, 0.25) is 10.0 Å². The van der Waals surface area contributed by atoms with Crippen molar-refractivity contribution in [3.05, 3.63) is 29.3 Å². The fraction of sp³-hybridized carbons (Fsp3) is 0.571. The van der Waals surface area contributed by atoms with Crippen molar-refractivity contribution in [3.8, 4) is 0 Å². The van der Waals surface area contributed by atoms with Crippen molar-refractivity contribution in [2.24, 2.45) is 0 Å². The standard InChI is InChI=1S/C14H22N2O3S/c1-11-4-5-12(2)14(8-11)20(17,18)15-9-13-10-16(3)6-7-19-13/h4-5,8,13,15H,6-7,9-10H2,1-3H3. The highest BCUT2D eigenvalue weighted by Gasteiger charge is 2.22. The molecule has 0 spiro atoms. The Morgan fingerprint density at radius 1 is 1.40 bits per heavy atom. The fourth-order valence-electron chi connectivity index (χ4n) is 2.27. The first-order chi connectivity index (χ1) is 9.38. The third-order valence-corrected chi connectivity index (χ3v) is 5.04. The van der Waals surface area contributed by atoms with E-state index in [4.69, 9.17) is 4.74 Å². The van der Waals surface area contributed by atoms with Gasteiger partial charge in [-0.25, -0.2) is 13.1 Å². The van der Waals surface area contributed by atoms with Gasteiger partial charge in [0, 0.05) is 19.6 Å². The predicted molar refractivity (Wildman–Crippen MR) is 78.3 cm³/mol. The van der Waals surface area contributed by atoms with Gasteiger partial charge >= 0.3 is 0 Å². The SMILES string of the molecule is Cc1ccc(C)c(S(=O)(=O)NCC2CN(C)CCO2)c1. The Morgan fingerprint density at radius 3 is 2.85 bits per heavy atom. The number of benzene rings is 1. The fourth-order valence-corrected chi connectivity index (χ4v) is 3.66. The molecule has 1 heterocycles. The first kappa shape index (κ1) is 15.4. The lowest BCUT2D eigenvalue weighted by Gasteiger charge is -2.30. The molecule has 1 aliphatic heterocycles. The second-order valence-corrected chi connectivity index (χ2v) is 7.11. The van der Waals surface area contributed by atoms with Crippen molar-refractivity contribution in [2.45, 2.75) is 24.8 Å². The smallest absolute Gasteiger partial charge is 0.240 e. The Hall–Kier alpha value is -0.950. The second kappa shape index (κ2) is 6.22. The van der Waals surface area contributed by atoms with Gasteiger partial charge in [-0.15, -0.1) is 0 Å². The van der Waals surface area contributed by atoms with Crippen molar-refractivity contribution in [1.29, 1.82) is 0 Å². The molecule has 1 saturated heterocycles. The third-order valence-electron chi connectivity index (χ3n) is 3.48. The van der Waals surface area contributed by atoms with Crippen LogP contribution in [-0.4, -0.2) is 52.7 Å². The Morgan fingerprint density at radius 2 is 2.15 bits per heavy atom. The normalized spacial score (nSPS) is 21.1. The van der Waals surface area contributed by atoms with Crippen LogP contribution in [0.15, 0.2) is 23.1 Å². The molecule has 5 nitrogen and oxygen atoms in total. The molecule has 0 radical (unpaired) electrons. The summed E-state index contributed by atoms with van der Waals surface area (Å²) in [5, 5.41) is 0. The number of ether oxygens (including phenoxy) is 1. The minimum Gasteiger partial charge on any atom is -0.374 e. The van der Waals surface area contributed by atoms with Crippen LogP contribution in [0.2, 0.25) is 0 Å². The van der Waals surface area contributed by atoms with Crippen LogP contribution in [0.25, 0.3) is 0 Å². The Bertz CT molecular complexity index is 572. The van der Waals surface area contributed by atoms with Crippen LogP contribution >= 0.6 is 0 Å². The van der Waals surface area contributed by atoms with Crippen LogP contribution in [0.3, 0.4) is 0 Å². The van der Waals surface area contributed by atoms with E-state index in [0.717, 1.165) is 24.2 Å². The van der Waals surface area contributed by atoms with Crippen LogP contribution < -0.4 is 4.72 Å². The molecule has 0 amide bonds. The maximum Gasteiger partial charge on any atom is 0.240 e. The number of nitrogens with one attached hydrogen (secondary N) is 1. The molecule has 0 bridgehead atoms. The molecule has 1 aliphatic rings. The zero-order valence-electron chi connectivity index (χ0n) is 12.2. The number of aryl methyl sites for hydroxylation is 2. The van der Waals surface area contributed by atoms with E-state index < -0.39 is 10.0 Å². The van der Waals surface area contributed by atoms with Gasteiger partial charge in [0.05, 0.1) is 17.6 Å². The van der Waals surface area contributed by atoms with Crippen LogP contribution in [0.5, 0.6) is 0 Å². The Labute approximate surface area is 121 Å². The summed E-state index contributed by atoms with van der Waals surface area (Å²) in [4.78, 5) is 2.49. The number of rotatable bonds is 4. The van der Waals surface area contributed by atoms with Crippen LogP contribution in [-0.2, 0) is 14.8 Å².